The molecule has 128 valence electrons. The molecule has 6 heteroatoms. The first-order valence-electron chi connectivity index (χ1n) is 7.50. The van der Waals surface area contributed by atoms with Gasteiger partial charge in [-0.2, -0.15) is 0 Å². The van der Waals surface area contributed by atoms with Crippen molar-refractivity contribution in [3.63, 3.8) is 0 Å². The van der Waals surface area contributed by atoms with Gasteiger partial charge in [-0.1, -0.05) is 23.7 Å². The third-order valence-electron chi connectivity index (χ3n) is 3.61. The Kier molecular flexibility index (Phi) is 5.93. The van der Waals surface area contributed by atoms with Gasteiger partial charge in [0.2, 0.25) is 5.91 Å². The van der Waals surface area contributed by atoms with Gasteiger partial charge in [0.15, 0.2) is 0 Å². The summed E-state index contributed by atoms with van der Waals surface area (Å²) in [4.78, 5) is 12.5. The second-order valence-corrected chi connectivity index (χ2v) is 5.76. The molecule has 0 aliphatic carbocycles. The standard InChI is InChI=1S/C18H21ClN2O3/c1-11-9-15(17(24-4)10-13(11)19)21-18(22)12(2)20-14-7-5-6-8-16(14)23-3/h5-10,12,20H,1-4H3,(H,21,22)/t12-/m0/s1. The number of rotatable bonds is 6. The maximum absolute atomic E-state index is 12.5. The summed E-state index contributed by atoms with van der Waals surface area (Å²) in [5.41, 5.74) is 2.19. The van der Waals surface area contributed by atoms with Gasteiger partial charge in [0.25, 0.3) is 0 Å². The number of aryl methyl sites for hydroxylation is 1. The van der Waals surface area contributed by atoms with E-state index in [4.69, 9.17) is 21.1 Å². The summed E-state index contributed by atoms with van der Waals surface area (Å²) in [6, 6.07) is 10.4. The Morgan fingerprint density at radius 1 is 1.08 bits per heavy atom. The van der Waals surface area contributed by atoms with Crippen molar-refractivity contribution >= 4 is 28.9 Å². The van der Waals surface area contributed by atoms with Crippen molar-refractivity contribution in [3.8, 4) is 11.5 Å². The molecule has 2 aromatic carbocycles. The average molecular weight is 349 g/mol. The quantitative estimate of drug-likeness (QED) is 0.825. The maximum atomic E-state index is 12.5. The van der Waals surface area contributed by atoms with Gasteiger partial charge >= 0.3 is 0 Å². The van der Waals surface area contributed by atoms with E-state index in [0.717, 1.165) is 11.3 Å². The highest BCUT2D eigenvalue weighted by molar-refractivity contribution is 6.31. The molecule has 0 aliphatic rings. The number of hydrogen-bond donors (Lipinski definition) is 2. The molecule has 0 aliphatic heterocycles. The second kappa shape index (κ2) is 7.93. The number of nitrogens with one attached hydrogen (secondary N) is 2. The molecule has 0 radical (unpaired) electrons. The number of anilines is 2. The third-order valence-corrected chi connectivity index (χ3v) is 4.02. The van der Waals surface area contributed by atoms with Crippen LogP contribution in [0.15, 0.2) is 36.4 Å². The van der Waals surface area contributed by atoms with Crippen molar-refractivity contribution in [2.45, 2.75) is 19.9 Å². The van der Waals surface area contributed by atoms with Crippen LogP contribution in [0, 0.1) is 6.92 Å². The molecule has 1 amide bonds. The number of ether oxygens (including phenoxy) is 2. The smallest absolute Gasteiger partial charge is 0.246 e. The van der Waals surface area contributed by atoms with Crippen molar-refractivity contribution in [3.05, 3.63) is 47.0 Å². The lowest BCUT2D eigenvalue weighted by molar-refractivity contribution is -0.116. The van der Waals surface area contributed by atoms with Crippen LogP contribution in [0.3, 0.4) is 0 Å². The molecule has 24 heavy (non-hydrogen) atoms. The van der Waals surface area contributed by atoms with E-state index in [1.54, 1.807) is 26.2 Å². The van der Waals surface area contributed by atoms with Crippen LogP contribution in [0.1, 0.15) is 12.5 Å². The summed E-state index contributed by atoms with van der Waals surface area (Å²) in [7, 11) is 3.12. The molecule has 0 bridgehead atoms. The van der Waals surface area contributed by atoms with Crippen LogP contribution in [-0.4, -0.2) is 26.2 Å². The van der Waals surface area contributed by atoms with Gasteiger partial charge < -0.3 is 20.1 Å². The van der Waals surface area contributed by atoms with Crippen molar-refractivity contribution in [2.75, 3.05) is 24.9 Å². The van der Waals surface area contributed by atoms with E-state index >= 15 is 0 Å². The molecule has 2 rings (SSSR count). The first kappa shape index (κ1) is 17.9. The minimum atomic E-state index is -0.470. The Bertz CT molecular complexity index is 734. The fourth-order valence-corrected chi connectivity index (χ4v) is 2.39. The molecule has 2 N–H and O–H groups in total. The number of carbonyl (C=O) groups is 1. The Hall–Kier alpha value is -2.40. The van der Waals surface area contributed by atoms with Gasteiger partial charge in [-0.05, 0) is 37.6 Å². The van der Waals surface area contributed by atoms with Crippen molar-refractivity contribution in [1.29, 1.82) is 0 Å². The van der Waals surface area contributed by atoms with Gasteiger partial charge in [-0.25, -0.2) is 0 Å². The molecule has 0 saturated carbocycles. The SMILES string of the molecule is COc1cc(Cl)c(C)cc1NC(=O)[C@H](C)Nc1ccccc1OC. The number of hydrogen-bond acceptors (Lipinski definition) is 4. The Balaban J connectivity index is 2.13. The topological polar surface area (TPSA) is 59.6 Å². The lowest BCUT2D eigenvalue weighted by Gasteiger charge is -2.18. The summed E-state index contributed by atoms with van der Waals surface area (Å²) >= 11 is 6.09. The lowest BCUT2D eigenvalue weighted by Crippen LogP contribution is -2.32. The van der Waals surface area contributed by atoms with Crippen LogP contribution >= 0.6 is 11.6 Å². The van der Waals surface area contributed by atoms with Gasteiger partial charge in [0.1, 0.15) is 17.5 Å². The second-order valence-electron chi connectivity index (χ2n) is 5.36. The summed E-state index contributed by atoms with van der Waals surface area (Å²) in [5, 5.41) is 6.59. The Morgan fingerprint density at radius 2 is 1.75 bits per heavy atom. The van der Waals surface area contributed by atoms with Gasteiger partial charge in [0, 0.05) is 11.1 Å². The van der Waals surface area contributed by atoms with E-state index in [1.807, 2.05) is 31.2 Å². The number of carbonyl (C=O) groups excluding carboxylic acids is 1. The number of methoxy groups -OCH3 is 2. The van der Waals surface area contributed by atoms with Gasteiger partial charge in [0.05, 0.1) is 25.6 Å². The van der Waals surface area contributed by atoms with Crippen LogP contribution in [0.2, 0.25) is 5.02 Å². The number of halogens is 1. The van der Waals surface area contributed by atoms with Crippen LogP contribution in [0.5, 0.6) is 11.5 Å². The molecule has 1 atom stereocenters. The summed E-state index contributed by atoms with van der Waals surface area (Å²) in [6.07, 6.45) is 0. The lowest BCUT2D eigenvalue weighted by atomic mass is 10.2. The van der Waals surface area contributed by atoms with Crippen LogP contribution in [-0.2, 0) is 4.79 Å². The van der Waals surface area contributed by atoms with E-state index in [-0.39, 0.29) is 5.91 Å². The molecule has 0 saturated heterocycles. The summed E-state index contributed by atoms with van der Waals surface area (Å²) in [5.74, 6) is 1.00. The number of amides is 1. The van der Waals surface area contributed by atoms with E-state index in [1.165, 1.54) is 7.11 Å². The predicted molar refractivity (Wildman–Crippen MR) is 97.4 cm³/mol. The van der Waals surface area contributed by atoms with Crippen molar-refractivity contribution in [2.24, 2.45) is 0 Å². The maximum Gasteiger partial charge on any atom is 0.246 e. The highest BCUT2D eigenvalue weighted by Gasteiger charge is 2.17. The van der Waals surface area contributed by atoms with Crippen molar-refractivity contribution < 1.29 is 14.3 Å². The number of benzene rings is 2. The summed E-state index contributed by atoms with van der Waals surface area (Å²) < 4.78 is 10.6. The van der Waals surface area contributed by atoms with E-state index < -0.39 is 6.04 Å². The zero-order valence-electron chi connectivity index (χ0n) is 14.1. The molecule has 0 spiro atoms. The molecule has 0 aromatic heterocycles. The van der Waals surface area contributed by atoms with Crippen LogP contribution < -0.4 is 20.1 Å². The first-order valence-corrected chi connectivity index (χ1v) is 7.88. The predicted octanol–water partition coefficient (Wildman–Crippen LogP) is 4.10. The molecule has 0 fully saturated rings. The van der Waals surface area contributed by atoms with Gasteiger partial charge in [-0.15, -0.1) is 0 Å². The fourth-order valence-electron chi connectivity index (χ4n) is 2.23. The van der Waals surface area contributed by atoms with E-state index in [2.05, 4.69) is 10.6 Å². The first-order chi connectivity index (χ1) is 11.5. The van der Waals surface area contributed by atoms with E-state index in [0.29, 0.717) is 22.2 Å². The highest BCUT2D eigenvalue weighted by Crippen LogP contribution is 2.31. The Morgan fingerprint density at radius 3 is 2.42 bits per heavy atom. The average Bonchev–Trinajstić information content (AvgIpc) is 2.58. The van der Waals surface area contributed by atoms with Crippen molar-refractivity contribution in [1.82, 2.24) is 0 Å². The molecular formula is C18H21ClN2O3. The molecule has 0 unspecified atom stereocenters. The fraction of sp³-hybridized carbons (Fsp3) is 0.278. The van der Waals surface area contributed by atoms with Crippen LogP contribution in [0.25, 0.3) is 0 Å². The third kappa shape index (κ3) is 4.11. The molecule has 2 aromatic rings. The number of para-hydroxylation sites is 2. The molecular weight excluding hydrogens is 328 g/mol. The van der Waals surface area contributed by atoms with Gasteiger partial charge in [-0.3, -0.25) is 4.79 Å². The minimum Gasteiger partial charge on any atom is -0.495 e. The minimum absolute atomic E-state index is 0.194. The largest absolute Gasteiger partial charge is 0.495 e. The summed E-state index contributed by atoms with van der Waals surface area (Å²) in [6.45, 7) is 3.64. The Labute approximate surface area is 146 Å². The highest BCUT2D eigenvalue weighted by atomic mass is 35.5. The zero-order chi connectivity index (χ0) is 17.7. The molecule has 0 heterocycles. The van der Waals surface area contributed by atoms with Crippen LogP contribution in [0.4, 0.5) is 11.4 Å². The zero-order valence-corrected chi connectivity index (χ0v) is 14.9. The normalized spacial score (nSPS) is 11.5. The molecule has 5 nitrogen and oxygen atoms in total. The monoisotopic (exact) mass is 348 g/mol. The van der Waals surface area contributed by atoms with E-state index in [9.17, 15) is 4.79 Å².